The van der Waals surface area contributed by atoms with E-state index in [0.29, 0.717) is 18.0 Å². The van der Waals surface area contributed by atoms with E-state index in [2.05, 4.69) is 10.3 Å². The molecular weight excluding hydrogens is 336 g/mol. The summed E-state index contributed by atoms with van der Waals surface area (Å²) in [6, 6.07) is 14.8. The van der Waals surface area contributed by atoms with Gasteiger partial charge in [0, 0.05) is 11.1 Å². The SMILES string of the molecule is CCOc1ccccc1-c1nc(C(=O)Nc2ccc(OC)cc2)cs1. The minimum atomic E-state index is -0.249. The Labute approximate surface area is 150 Å². The lowest BCUT2D eigenvalue weighted by atomic mass is 10.2. The second-order valence-electron chi connectivity index (χ2n) is 5.15. The van der Waals surface area contributed by atoms with Gasteiger partial charge in [-0.25, -0.2) is 4.98 Å². The van der Waals surface area contributed by atoms with Gasteiger partial charge in [0.05, 0.1) is 19.3 Å². The van der Waals surface area contributed by atoms with Gasteiger partial charge in [-0.15, -0.1) is 11.3 Å². The van der Waals surface area contributed by atoms with Gasteiger partial charge in [0.2, 0.25) is 0 Å². The third-order valence-corrected chi connectivity index (χ3v) is 4.38. The second kappa shape index (κ2) is 7.81. The Morgan fingerprint density at radius 1 is 1.16 bits per heavy atom. The zero-order valence-corrected chi connectivity index (χ0v) is 14.8. The largest absolute Gasteiger partial charge is 0.497 e. The minimum Gasteiger partial charge on any atom is -0.497 e. The van der Waals surface area contributed by atoms with Crippen LogP contribution in [0.15, 0.2) is 53.9 Å². The van der Waals surface area contributed by atoms with Crippen molar-refractivity contribution >= 4 is 22.9 Å². The molecule has 1 N–H and O–H groups in total. The average molecular weight is 354 g/mol. The third-order valence-electron chi connectivity index (χ3n) is 3.50. The molecule has 0 atom stereocenters. The normalized spacial score (nSPS) is 10.3. The van der Waals surface area contributed by atoms with Gasteiger partial charge >= 0.3 is 0 Å². The Kier molecular flexibility index (Phi) is 5.30. The Hall–Kier alpha value is -2.86. The van der Waals surface area contributed by atoms with E-state index in [1.54, 1.807) is 36.8 Å². The van der Waals surface area contributed by atoms with Crippen LogP contribution in [0.2, 0.25) is 0 Å². The van der Waals surface area contributed by atoms with Crippen LogP contribution in [-0.4, -0.2) is 24.6 Å². The van der Waals surface area contributed by atoms with E-state index >= 15 is 0 Å². The Balaban J connectivity index is 1.77. The number of anilines is 1. The molecule has 0 saturated heterocycles. The molecular formula is C19H18N2O3S. The number of carbonyl (C=O) groups excluding carboxylic acids is 1. The van der Waals surface area contributed by atoms with Crippen LogP contribution in [0, 0.1) is 0 Å². The van der Waals surface area contributed by atoms with E-state index in [0.717, 1.165) is 22.1 Å². The van der Waals surface area contributed by atoms with Crippen molar-refractivity contribution in [3.05, 3.63) is 59.6 Å². The van der Waals surface area contributed by atoms with Crippen LogP contribution in [0.4, 0.5) is 5.69 Å². The number of rotatable bonds is 6. The fourth-order valence-corrected chi connectivity index (χ4v) is 3.13. The molecule has 5 nitrogen and oxygen atoms in total. The highest BCUT2D eigenvalue weighted by Gasteiger charge is 2.14. The molecule has 1 heterocycles. The molecule has 25 heavy (non-hydrogen) atoms. The number of carbonyl (C=O) groups is 1. The number of hydrogen-bond donors (Lipinski definition) is 1. The highest BCUT2D eigenvalue weighted by molar-refractivity contribution is 7.13. The lowest BCUT2D eigenvalue weighted by molar-refractivity contribution is 0.102. The van der Waals surface area contributed by atoms with Gasteiger partial charge in [-0.05, 0) is 43.3 Å². The summed E-state index contributed by atoms with van der Waals surface area (Å²) in [4.78, 5) is 16.8. The first-order chi connectivity index (χ1) is 12.2. The van der Waals surface area contributed by atoms with E-state index in [1.807, 2.05) is 31.2 Å². The molecule has 0 aliphatic rings. The predicted molar refractivity (Wildman–Crippen MR) is 99.7 cm³/mol. The number of benzene rings is 2. The number of aromatic nitrogens is 1. The highest BCUT2D eigenvalue weighted by Crippen LogP contribution is 2.32. The standard InChI is InChI=1S/C19H18N2O3S/c1-3-24-17-7-5-4-6-15(17)19-21-16(12-25-19)18(22)20-13-8-10-14(23-2)11-9-13/h4-12H,3H2,1-2H3,(H,20,22). The number of hydrogen-bond acceptors (Lipinski definition) is 5. The van der Waals surface area contributed by atoms with Crippen LogP contribution >= 0.6 is 11.3 Å². The van der Waals surface area contributed by atoms with Crippen molar-refractivity contribution in [2.75, 3.05) is 19.0 Å². The number of para-hydroxylation sites is 1. The summed E-state index contributed by atoms with van der Waals surface area (Å²) in [6.07, 6.45) is 0. The molecule has 0 fully saturated rings. The van der Waals surface area contributed by atoms with Gasteiger partial charge in [0.1, 0.15) is 22.2 Å². The Bertz CT molecular complexity index is 859. The molecule has 0 aliphatic carbocycles. The average Bonchev–Trinajstić information content (AvgIpc) is 3.13. The van der Waals surface area contributed by atoms with Crippen molar-refractivity contribution in [1.29, 1.82) is 0 Å². The van der Waals surface area contributed by atoms with Gasteiger partial charge in [0.15, 0.2) is 0 Å². The van der Waals surface area contributed by atoms with E-state index in [-0.39, 0.29) is 5.91 Å². The summed E-state index contributed by atoms with van der Waals surface area (Å²) < 4.78 is 10.7. The van der Waals surface area contributed by atoms with Crippen molar-refractivity contribution < 1.29 is 14.3 Å². The smallest absolute Gasteiger partial charge is 0.275 e. The summed E-state index contributed by atoms with van der Waals surface area (Å²) in [7, 11) is 1.60. The molecule has 1 amide bonds. The lowest BCUT2D eigenvalue weighted by Crippen LogP contribution is -2.12. The van der Waals surface area contributed by atoms with E-state index in [4.69, 9.17) is 9.47 Å². The number of methoxy groups -OCH3 is 1. The van der Waals surface area contributed by atoms with Gasteiger partial charge < -0.3 is 14.8 Å². The minimum absolute atomic E-state index is 0.249. The second-order valence-corrected chi connectivity index (χ2v) is 6.01. The van der Waals surface area contributed by atoms with Crippen LogP contribution in [0.1, 0.15) is 17.4 Å². The quantitative estimate of drug-likeness (QED) is 0.709. The van der Waals surface area contributed by atoms with Crippen LogP contribution in [-0.2, 0) is 0 Å². The molecule has 2 aromatic carbocycles. The molecule has 1 aromatic heterocycles. The highest BCUT2D eigenvalue weighted by atomic mass is 32.1. The van der Waals surface area contributed by atoms with Crippen LogP contribution < -0.4 is 14.8 Å². The molecule has 128 valence electrons. The van der Waals surface area contributed by atoms with Gasteiger partial charge in [-0.2, -0.15) is 0 Å². The van der Waals surface area contributed by atoms with Crippen molar-refractivity contribution in [3.8, 4) is 22.1 Å². The molecule has 3 aromatic rings. The maximum absolute atomic E-state index is 12.4. The maximum atomic E-state index is 12.4. The van der Waals surface area contributed by atoms with Gasteiger partial charge in [-0.3, -0.25) is 4.79 Å². The van der Waals surface area contributed by atoms with Crippen molar-refractivity contribution in [3.63, 3.8) is 0 Å². The fraction of sp³-hybridized carbons (Fsp3) is 0.158. The molecule has 3 rings (SSSR count). The van der Waals surface area contributed by atoms with Crippen LogP contribution in [0.25, 0.3) is 10.6 Å². The van der Waals surface area contributed by atoms with Gasteiger partial charge in [-0.1, -0.05) is 12.1 Å². The summed E-state index contributed by atoms with van der Waals surface area (Å²) >= 11 is 1.42. The summed E-state index contributed by atoms with van der Waals surface area (Å²) in [6.45, 7) is 2.51. The first-order valence-corrected chi connectivity index (χ1v) is 8.72. The molecule has 0 bridgehead atoms. The zero-order valence-electron chi connectivity index (χ0n) is 14.0. The van der Waals surface area contributed by atoms with E-state index in [9.17, 15) is 4.79 Å². The number of nitrogens with one attached hydrogen (secondary N) is 1. The first kappa shape index (κ1) is 17.0. The lowest BCUT2D eigenvalue weighted by Gasteiger charge is -2.07. The van der Waals surface area contributed by atoms with Crippen LogP contribution in [0.5, 0.6) is 11.5 Å². The first-order valence-electron chi connectivity index (χ1n) is 7.84. The van der Waals surface area contributed by atoms with Gasteiger partial charge in [0.25, 0.3) is 5.91 Å². The zero-order chi connectivity index (χ0) is 17.6. The number of thiazole rings is 1. The van der Waals surface area contributed by atoms with Crippen molar-refractivity contribution in [2.45, 2.75) is 6.92 Å². The molecule has 0 radical (unpaired) electrons. The molecule has 6 heteroatoms. The monoisotopic (exact) mass is 354 g/mol. The summed E-state index contributed by atoms with van der Waals surface area (Å²) in [5, 5.41) is 5.33. The summed E-state index contributed by atoms with van der Waals surface area (Å²) in [5.41, 5.74) is 1.95. The van der Waals surface area contributed by atoms with Crippen LogP contribution in [0.3, 0.4) is 0 Å². The number of ether oxygens (including phenoxy) is 2. The Morgan fingerprint density at radius 3 is 2.64 bits per heavy atom. The van der Waals surface area contributed by atoms with E-state index < -0.39 is 0 Å². The predicted octanol–water partition coefficient (Wildman–Crippen LogP) is 4.47. The fourth-order valence-electron chi connectivity index (χ4n) is 2.30. The molecule has 0 saturated carbocycles. The Morgan fingerprint density at radius 2 is 1.92 bits per heavy atom. The topological polar surface area (TPSA) is 60.5 Å². The summed E-state index contributed by atoms with van der Waals surface area (Å²) in [5.74, 6) is 1.25. The van der Waals surface area contributed by atoms with Crippen molar-refractivity contribution in [2.24, 2.45) is 0 Å². The number of amides is 1. The molecule has 0 aliphatic heterocycles. The van der Waals surface area contributed by atoms with E-state index in [1.165, 1.54) is 11.3 Å². The number of nitrogens with zero attached hydrogens (tertiary/aromatic N) is 1. The molecule has 0 spiro atoms. The van der Waals surface area contributed by atoms with Crippen molar-refractivity contribution in [1.82, 2.24) is 4.98 Å². The third kappa shape index (κ3) is 3.97. The molecule has 0 unspecified atom stereocenters. The maximum Gasteiger partial charge on any atom is 0.275 e.